The van der Waals surface area contributed by atoms with Gasteiger partial charge in [-0.1, -0.05) is 13.0 Å². The summed E-state index contributed by atoms with van der Waals surface area (Å²) in [5.41, 5.74) is 1.68. The summed E-state index contributed by atoms with van der Waals surface area (Å²) in [5.74, 6) is 0.153. The third-order valence-electron chi connectivity index (χ3n) is 5.05. The average Bonchev–Trinajstić information content (AvgIpc) is 2.81. The van der Waals surface area contributed by atoms with Crippen LogP contribution in [0.5, 0.6) is 11.6 Å². The van der Waals surface area contributed by atoms with Crippen LogP contribution in [-0.4, -0.2) is 31.3 Å². The molecule has 0 spiro atoms. The van der Waals surface area contributed by atoms with Crippen molar-refractivity contribution in [2.24, 2.45) is 0 Å². The van der Waals surface area contributed by atoms with Gasteiger partial charge in [0, 0.05) is 30.9 Å². The second-order valence-electron chi connectivity index (χ2n) is 8.08. The van der Waals surface area contributed by atoms with Gasteiger partial charge in [0.2, 0.25) is 11.8 Å². The number of sulfonamides is 1. The summed E-state index contributed by atoms with van der Waals surface area (Å²) in [7, 11) is -3.96. The van der Waals surface area contributed by atoms with Gasteiger partial charge in [-0.25, -0.2) is 13.4 Å². The fourth-order valence-corrected chi connectivity index (χ4v) is 4.36. The van der Waals surface area contributed by atoms with Crippen molar-refractivity contribution < 1.29 is 22.7 Å². The number of carbonyl (C=O) groups excluding carboxylic acids is 2. The topological polar surface area (TPSA) is 126 Å². The predicted octanol–water partition coefficient (Wildman–Crippen LogP) is 4.47. The van der Waals surface area contributed by atoms with E-state index in [0.717, 1.165) is 12.0 Å². The fourth-order valence-electron chi connectivity index (χ4n) is 3.05. The third kappa shape index (κ3) is 7.03. The van der Waals surface area contributed by atoms with E-state index in [-0.39, 0.29) is 34.3 Å². The molecule has 1 heterocycles. The Morgan fingerprint density at radius 3 is 2.37 bits per heavy atom. The monoisotopic (exact) mass is 496 g/mol. The van der Waals surface area contributed by atoms with Crippen LogP contribution >= 0.6 is 0 Å². The SMILES string of the molecule is CC[C@@H](C)NC(=O)c1ccc(Oc2ccc(NS(=O)(=O)c3cc(C)ccc3NC(C)=O)cc2)nc1. The van der Waals surface area contributed by atoms with E-state index in [4.69, 9.17) is 4.74 Å². The first-order valence-corrected chi connectivity index (χ1v) is 12.5. The summed E-state index contributed by atoms with van der Waals surface area (Å²) >= 11 is 0. The Labute approximate surface area is 205 Å². The van der Waals surface area contributed by atoms with E-state index in [1.54, 1.807) is 55.5 Å². The third-order valence-corrected chi connectivity index (χ3v) is 6.48. The standard InChI is InChI=1S/C25H28N4O5S/c1-5-17(3)27-25(31)19-7-13-24(26-15-19)34-21-10-8-20(9-11-21)29-35(32,33)23-14-16(2)6-12-22(23)28-18(4)30/h6-15,17,29H,5H2,1-4H3,(H,27,31)(H,28,30)/t17-/m1/s1. The Bertz CT molecular complexity index is 1310. The van der Waals surface area contributed by atoms with Crippen molar-refractivity contribution >= 4 is 33.2 Å². The molecule has 1 atom stereocenters. The van der Waals surface area contributed by atoms with Gasteiger partial charge in [0.05, 0.1) is 11.3 Å². The lowest BCUT2D eigenvalue weighted by Gasteiger charge is -2.14. The Balaban J connectivity index is 1.69. The number of amides is 2. The van der Waals surface area contributed by atoms with E-state index >= 15 is 0 Å². The summed E-state index contributed by atoms with van der Waals surface area (Å²) < 4.78 is 34.1. The van der Waals surface area contributed by atoms with Crippen molar-refractivity contribution in [3.05, 3.63) is 71.9 Å². The summed E-state index contributed by atoms with van der Waals surface area (Å²) in [6.45, 7) is 6.99. The maximum Gasteiger partial charge on any atom is 0.263 e. The van der Waals surface area contributed by atoms with Crippen molar-refractivity contribution in [2.75, 3.05) is 10.0 Å². The molecular weight excluding hydrogens is 468 g/mol. The molecule has 0 unspecified atom stereocenters. The number of rotatable bonds is 9. The molecule has 0 bridgehead atoms. The molecule has 0 aliphatic carbocycles. The molecule has 3 N–H and O–H groups in total. The molecule has 0 aliphatic rings. The van der Waals surface area contributed by atoms with E-state index in [2.05, 4.69) is 20.3 Å². The minimum atomic E-state index is -3.96. The summed E-state index contributed by atoms with van der Waals surface area (Å²) in [6.07, 6.45) is 2.26. The van der Waals surface area contributed by atoms with Gasteiger partial charge >= 0.3 is 0 Å². The zero-order valence-electron chi connectivity index (χ0n) is 20.0. The molecule has 9 nitrogen and oxygen atoms in total. The molecule has 35 heavy (non-hydrogen) atoms. The fraction of sp³-hybridized carbons (Fsp3) is 0.240. The van der Waals surface area contributed by atoms with Crippen molar-refractivity contribution in [3.8, 4) is 11.6 Å². The number of carbonyl (C=O) groups is 2. The largest absolute Gasteiger partial charge is 0.439 e. The number of anilines is 2. The molecule has 3 aromatic rings. The lowest BCUT2D eigenvalue weighted by molar-refractivity contribution is -0.114. The lowest BCUT2D eigenvalue weighted by Crippen LogP contribution is -2.31. The minimum Gasteiger partial charge on any atom is -0.439 e. The second kappa shape index (κ2) is 11.0. The normalized spacial score (nSPS) is 11.9. The molecule has 0 saturated heterocycles. The van der Waals surface area contributed by atoms with Gasteiger partial charge in [-0.2, -0.15) is 0 Å². The van der Waals surface area contributed by atoms with Crippen LogP contribution in [0.25, 0.3) is 0 Å². The number of pyridine rings is 1. The van der Waals surface area contributed by atoms with Gasteiger partial charge in [0.25, 0.3) is 15.9 Å². The number of nitrogens with one attached hydrogen (secondary N) is 3. The number of aromatic nitrogens is 1. The first-order valence-electron chi connectivity index (χ1n) is 11.0. The van der Waals surface area contributed by atoms with Crippen molar-refractivity contribution in [2.45, 2.75) is 45.1 Å². The molecule has 1 aromatic heterocycles. The zero-order chi connectivity index (χ0) is 25.6. The number of hydrogen-bond donors (Lipinski definition) is 3. The molecule has 184 valence electrons. The number of hydrogen-bond acceptors (Lipinski definition) is 6. The Kier molecular flexibility index (Phi) is 8.08. The summed E-state index contributed by atoms with van der Waals surface area (Å²) in [4.78, 5) is 27.8. The maximum absolute atomic E-state index is 13.0. The van der Waals surface area contributed by atoms with Crippen molar-refractivity contribution in [1.82, 2.24) is 10.3 Å². The van der Waals surface area contributed by atoms with E-state index in [1.165, 1.54) is 19.2 Å². The number of benzene rings is 2. The van der Waals surface area contributed by atoms with E-state index < -0.39 is 10.0 Å². The minimum absolute atomic E-state index is 0.0327. The van der Waals surface area contributed by atoms with Crippen molar-refractivity contribution in [3.63, 3.8) is 0 Å². The van der Waals surface area contributed by atoms with Crippen LogP contribution in [0.3, 0.4) is 0 Å². The predicted molar refractivity (Wildman–Crippen MR) is 134 cm³/mol. The molecule has 0 saturated carbocycles. The van der Waals surface area contributed by atoms with Gasteiger partial charge in [-0.3, -0.25) is 14.3 Å². The van der Waals surface area contributed by atoms with Gasteiger partial charge in [-0.05, 0) is 68.3 Å². The Morgan fingerprint density at radius 1 is 1.06 bits per heavy atom. The van der Waals surface area contributed by atoms with E-state index in [0.29, 0.717) is 17.0 Å². The molecule has 0 fully saturated rings. The molecule has 3 rings (SSSR count). The molecule has 0 radical (unpaired) electrons. The molecule has 2 amide bonds. The first kappa shape index (κ1) is 25.7. The van der Waals surface area contributed by atoms with Crippen molar-refractivity contribution in [1.29, 1.82) is 0 Å². The number of nitrogens with zero attached hydrogens (tertiary/aromatic N) is 1. The van der Waals surface area contributed by atoms with Crippen LogP contribution in [0, 0.1) is 6.92 Å². The molecule has 10 heteroatoms. The van der Waals surface area contributed by atoms with Crippen LogP contribution in [0.4, 0.5) is 11.4 Å². The average molecular weight is 497 g/mol. The van der Waals surface area contributed by atoms with Crippen LogP contribution in [0.1, 0.15) is 43.1 Å². The first-order chi connectivity index (χ1) is 16.6. The van der Waals surface area contributed by atoms with Crippen LogP contribution in [-0.2, 0) is 14.8 Å². The number of ether oxygens (including phenoxy) is 1. The molecule has 0 aliphatic heterocycles. The lowest BCUT2D eigenvalue weighted by atomic mass is 10.2. The van der Waals surface area contributed by atoms with Crippen LogP contribution in [0.15, 0.2) is 65.7 Å². The van der Waals surface area contributed by atoms with Gasteiger partial charge in [0.1, 0.15) is 10.6 Å². The van der Waals surface area contributed by atoms with E-state index in [1.807, 2.05) is 13.8 Å². The van der Waals surface area contributed by atoms with Crippen LogP contribution < -0.4 is 20.1 Å². The highest BCUT2D eigenvalue weighted by Crippen LogP contribution is 2.27. The van der Waals surface area contributed by atoms with Gasteiger partial charge in [-0.15, -0.1) is 0 Å². The molecule has 2 aromatic carbocycles. The Morgan fingerprint density at radius 2 is 1.77 bits per heavy atom. The smallest absolute Gasteiger partial charge is 0.263 e. The van der Waals surface area contributed by atoms with Gasteiger partial charge < -0.3 is 15.4 Å². The van der Waals surface area contributed by atoms with E-state index in [9.17, 15) is 18.0 Å². The van der Waals surface area contributed by atoms with Gasteiger partial charge in [0.15, 0.2) is 0 Å². The second-order valence-corrected chi connectivity index (χ2v) is 9.73. The number of aryl methyl sites for hydroxylation is 1. The Hall–Kier alpha value is -3.92. The molecular formula is C25H28N4O5S. The highest BCUT2D eigenvalue weighted by molar-refractivity contribution is 7.92. The highest BCUT2D eigenvalue weighted by atomic mass is 32.2. The highest BCUT2D eigenvalue weighted by Gasteiger charge is 2.20. The maximum atomic E-state index is 13.0. The zero-order valence-corrected chi connectivity index (χ0v) is 20.8. The quantitative estimate of drug-likeness (QED) is 0.401. The summed E-state index contributed by atoms with van der Waals surface area (Å²) in [5, 5.41) is 5.41. The van der Waals surface area contributed by atoms with Crippen LogP contribution in [0.2, 0.25) is 0 Å². The summed E-state index contributed by atoms with van der Waals surface area (Å²) in [6, 6.07) is 14.3.